The standard InChI is InChI=1S/C14H20F2N2O/c1-10(12-7-6-11(15)9-13(12)16)18-14(19)5-3-2-4-8-17/h6-7,9-10H,2-5,8,17H2,1H3,(H,18,19). The number of benzene rings is 1. The summed E-state index contributed by atoms with van der Waals surface area (Å²) in [6.07, 6.45) is 2.97. The third kappa shape index (κ3) is 5.34. The first-order chi connectivity index (χ1) is 9.04. The van der Waals surface area contributed by atoms with Gasteiger partial charge in [-0.25, -0.2) is 8.78 Å². The van der Waals surface area contributed by atoms with Crippen LogP contribution in [0.1, 0.15) is 44.2 Å². The van der Waals surface area contributed by atoms with Gasteiger partial charge in [0.2, 0.25) is 5.91 Å². The Kier molecular flexibility index (Phi) is 6.42. The van der Waals surface area contributed by atoms with E-state index in [0.717, 1.165) is 25.3 Å². The summed E-state index contributed by atoms with van der Waals surface area (Å²) in [7, 11) is 0. The molecule has 1 unspecified atom stereocenters. The zero-order valence-electron chi connectivity index (χ0n) is 11.1. The van der Waals surface area contributed by atoms with Gasteiger partial charge in [-0.1, -0.05) is 12.5 Å². The molecule has 0 aliphatic rings. The summed E-state index contributed by atoms with van der Waals surface area (Å²) in [5.74, 6) is -1.40. The van der Waals surface area contributed by atoms with Crippen molar-refractivity contribution in [3.8, 4) is 0 Å². The predicted octanol–water partition coefficient (Wildman–Crippen LogP) is 2.66. The van der Waals surface area contributed by atoms with Crippen molar-refractivity contribution in [1.82, 2.24) is 5.32 Å². The number of hydrogen-bond donors (Lipinski definition) is 2. The minimum absolute atomic E-state index is 0.131. The van der Waals surface area contributed by atoms with Crippen molar-refractivity contribution >= 4 is 5.91 Å². The average Bonchev–Trinajstić information content (AvgIpc) is 2.34. The molecule has 1 rings (SSSR count). The molecule has 1 aromatic rings. The highest BCUT2D eigenvalue weighted by molar-refractivity contribution is 5.76. The molecule has 0 saturated heterocycles. The van der Waals surface area contributed by atoms with E-state index in [4.69, 9.17) is 5.73 Å². The lowest BCUT2D eigenvalue weighted by molar-refractivity contribution is -0.121. The molecule has 1 amide bonds. The van der Waals surface area contributed by atoms with E-state index in [9.17, 15) is 13.6 Å². The van der Waals surface area contributed by atoms with E-state index in [0.29, 0.717) is 13.0 Å². The largest absolute Gasteiger partial charge is 0.349 e. The molecule has 1 aromatic carbocycles. The molecule has 0 saturated carbocycles. The summed E-state index contributed by atoms with van der Waals surface area (Å²) in [5.41, 5.74) is 5.65. The maximum Gasteiger partial charge on any atom is 0.220 e. The summed E-state index contributed by atoms with van der Waals surface area (Å²) >= 11 is 0. The molecule has 0 heterocycles. The highest BCUT2D eigenvalue weighted by Gasteiger charge is 2.13. The fraction of sp³-hybridized carbons (Fsp3) is 0.500. The maximum absolute atomic E-state index is 13.5. The van der Waals surface area contributed by atoms with Crippen LogP contribution in [0.2, 0.25) is 0 Å². The third-order valence-electron chi connectivity index (χ3n) is 2.91. The van der Waals surface area contributed by atoms with Crippen LogP contribution in [0.15, 0.2) is 18.2 Å². The second kappa shape index (κ2) is 7.84. The van der Waals surface area contributed by atoms with Crippen molar-refractivity contribution in [1.29, 1.82) is 0 Å². The molecule has 3 N–H and O–H groups in total. The molecule has 1 atom stereocenters. The number of halogens is 2. The van der Waals surface area contributed by atoms with Crippen molar-refractivity contribution in [2.24, 2.45) is 5.73 Å². The first-order valence-electron chi connectivity index (χ1n) is 6.49. The highest BCUT2D eigenvalue weighted by atomic mass is 19.1. The van der Waals surface area contributed by atoms with Gasteiger partial charge < -0.3 is 11.1 Å². The smallest absolute Gasteiger partial charge is 0.220 e. The second-order valence-electron chi connectivity index (χ2n) is 4.55. The number of carbonyl (C=O) groups is 1. The molecule has 0 spiro atoms. The number of nitrogens with one attached hydrogen (secondary N) is 1. The van der Waals surface area contributed by atoms with Gasteiger partial charge in [-0.2, -0.15) is 0 Å². The van der Waals surface area contributed by atoms with E-state index in [1.165, 1.54) is 12.1 Å². The topological polar surface area (TPSA) is 55.1 Å². The quantitative estimate of drug-likeness (QED) is 0.748. The lowest BCUT2D eigenvalue weighted by atomic mass is 10.1. The summed E-state index contributed by atoms with van der Waals surface area (Å²) in [6, 6.07) is 2.88. The summed E-state index contributed by atoms with van der Waals surface area (Å²) in [4.78, 5) is 11.6. The van der Waals surface area contributed by atoms with Gasteiger partial charge >= 0.3 is 0 Å². The SMILES string of the molecule is CC(NC(=O)CCCCCN)c1ccc(F)cc1F. The van der Waals surface area contributed by atoms with Crippen molar-refractivity contribution in [2.45, 2.75) is 38.6 Å². The first kappa shape index (κ1) is 15.6. The highest BCUT2D eigenvalue weighted by Crippen LogP contribution is 2.17. The van der Waals surface area contributed by atoms with Crippen LogP contribution in [0.25, 0.3) is 0 Å². The van der Waals surface area contributed by atoms with Gasteiger partial charge in [-0.15, -0.1) is 0 Å². The molecule has 0 radical (unpaired) electrons. The Balaban J connectivity index is 2.45. The molecular formula is C14H20F2N2O. The van der Waals surface area contributed by atoms with Crippen molar-refractivity contribution in [3.05, 3.63) is 35.4 Å². The van der Waals surface area contributed by atoms with Gasteiger partial charge in [-0.05, 0) is 32.4 Å². The average molecular weight is 270 g/mol. The second-order valence-corrected chi connectivity index (χ2v) is 4.55. The van der Waals surface area contributed by atoms with Crippen LogP contribution in [0.4, 0.5) is 8.78 Å². The zero-order valence-corrected chi connectivity index (χ0v) is 11.1. The number of rotatable bonds is 7. The normalized spacial score (nSPS) is 12.2. The van der Waals surface area contributed by atoms with Crippen LogP contribution in [-0.2, 0) is 4.79 Å². The van der Waals surface area contributed by atoms with Crippen LogP contribution in [-0.4, -0.2) is 12.5 Å². The summed E-state index contributed by atoms with van der Waals surface area (Å²) < 4.78 is 26.3. The lowest BCUT2D eigenvalue weighted by Crippen LogP contribution is -2.27. The van der Waals surface area contributed by atoms with Crippen LogP contribution in [0.3, 0.4) is 0 Å². The molecule has 3 nitrogen and oxygen atoms in total. The molecule has 0 bridgehead atoms. The predicted molar refractivity (Wildman–Crippen MR) is 70.4 cm³/mol. The molecular weight excluding hydrogens is 250 g/mol. The Hall–Kier alpha value is -1.49. The fourth-order valence-electron chi connectivity index (χ4n) is 1.85. The minimum Gasteiger partial charge on any atom is -0.349 e. The number of hydrogen-bond acceptors (Lipinski definition) is 2. The maximum atomic E-state index is 13.5. The minimum atomic E-state index is -0.643. The van der Waals surface area contributed by atoms with Gasteiger partial charge in [0.15, 0.2) is 0 Å². The molecule has 0 fully saturated rings. The Morgan fingerprint density at radius 3 is 2.68 bits per heavy atom. The zero-order chi connectivity index (χ0) is 14.3. The molecule has 0 aliphatic heterocycles. The van der Waals surface area contributed by atoms with Crippen molar-refractivity contribution in [3.63, 3.8) is 0 Å². The molecule has 5 heteroatoms. The van der Waals surface area contributed by atoms with Crippen molar-refractivity contribution < 1.29 is 13.6 Å². The molecule has 19 heavy (non-hydrogen) atoms. The van der Waals surface area contributed by atoms with Gasteiger partial charge in [-0.3, -0.25) is 4.79 Å². The number of amides is 1. The number of carbonyl (C=O) groups excluding carboxylic acids is 1. The van der Waals surface area contributed by atoms with E-state index in [-0.39, 0.29) is 11.5 Å². The summed E-state index contributed by atoms with van der Waals surface area (Å²) in [5, 5.41) is 2.70. The van der Waals surface area contributed by atoms with E-state index in [2.05, 4.69) is 5.32 Å². The number of nitrogens with two attached hydrogens (primary N) is 1. The van der Waals surface area contributed by atoms with Crippen LogP contribution < -0.4 is 11.1 Å². The lowest BCUT2D eigenvalue weighted by Gasteiger charge is -2.15. The number of unbranched alkanes of at least 4 members (excludes halogenated alkanes) is 2. The summed E-state index contributed by atoms with van der Waals surface area (Å²) in [6.45, 7) is 2.30. The van der Waals surface area contributed by atoms with Crippen LogP contribution >= 0.6 is 0 Å². The fourth-order valence-corrected chi connectivity index (χ4v) is 1.85. The van der Waals surface area contributed by atoms with Gasteiger partial charge in [0.05, 0.1) is 6.04 Å². The third-order valence-corrected chi connectivity index (χ3v) is 2.91. The Morgan fingerprint density at radius 1 is 1.32 bits per heavy atom. The van der Waals surface area contributed by atoms with Crippen molar-refractivity contribution in [2.75, 3.05) is 6.54 Å². The first-order valence-corrected chi connectivity index (χ1v) is 6.49. The van der Waals surface area contributed by atoms with E-state index < -0.39 is 17.7 Å². The van der Waals surface area contributed by atoms with Crippen LogP contribution in [0, 0.1) is 11.6 Å². The van der Waals surface area contributed by atoms with E-state index in [1.807, 2.05) is 0 Å². The van der Waals surface area contributed by atoms with E-state index in [1.54, 1.807) is 6.92 Å². The van der Waals surface area contributed by atoms with Gasteiger partial charge in [0.25, 0.3) is 0 Å². The molecule has 0 aromatic heterocycles. The molecule has 0 aliphatic carbocycles. The van der Waals surface area contributed by atoms with Gasteiger partial charge in [0, 0.05) is 18.1 Å². The monoisotopic (exact) mass is 270 g/mol. The van der Waals surface area contributed by atoms with E-state index >= 15 is 0 Å². The molecule has 106 valence electrons. The Bertz CT molecular complexity index is 424. The Morgan fingerprint density at radius 2 is 2.05 bits per heavy atom. The van der Waals surface area contributed by atoms with Crippen LogP contribution in [0.5, 0.6) is 0 Å². The van der Waals surface area contributed by atoms with Gasteiger partial charge in [0.1, 0.15) is 11.6 Å². The Labute approximate surface area is 112 Å².